The second-order valence-electron chi connectivity index (χ2n) is 5.60. The molecule has 0 aliphatic heterocycles. The molecule has 0 aliphatic carbocycles. The summed E-state index contributed by atoms with van der Waals surface area (Å²) in [4.78, 5) is 14.4. The van der Waals surface area contributed by atoms with Crippen molar-refractivity contribution in [2.24, 2.45) is 4.99 Å². The lowest BCUT2D eigenvalue weighted by molar-refractivity contribution is 0.565. The summed E-state index contributed by atoms with van der Waals surface area (Å²) in [5.41, 5.74) is 4.95. The van der Waals surface area contributed by atoms with Crippen molar-refractivity contribution < 1.29 is 4.79 Å². The Morgan fingerprint density at radius 1 is 0.870 bits per heavy atom. The Labute approximate surface area is 133 Å². The molecule has 0 fully saturated rings. The van der Waals surface area contributed by atoms with Gasteiger partial charge in [-0.15, -0.1) is 0 Å². The van der Waals surface area contributed by atoms with Gasteiger partial charge in [-0.25, -0.2) is 4.79 Å². The largest absolute Gasteiger partial charge is 0.309 e. The smallest absolute Gasteiger partial charge is 0.240 e. The molecule has 0 aliphatic rings. The van der Waals surface area contributed by atoms with Gasteiger partial charge in [0.25, 0.3) is 0 Å². The Morgan fingerprint density at radius 2 is 1.48 bits per heavy atom. The minimum absolute atomic E-state index is 0.622. The summed E-state index contributed by atoms with van der Waals surface area (Å²) >= 11 is 0. The van der Waals surface area contributed by atoms with Crippen LogP contribution in [0.25, 0.3) is 27.5 Å². The number of isocyanates is 1. The predicted octanol–water partition coefficient (Wildman–Crippen LogP) is 5.06. The molecule has 23 heavy (non-hydrogen) atoms. The number of hydrogen-bond acceptors (Lipinski definition) is 2. The summed E-state index contributed by atoms with van der Waals surface area (Å²) in [6.07, 6.45) is 1.62. The summed E-state index contributed by atoms with van der Waals surface area (Å²) in [5.74, 6) is 0. The molecular formula is C20H14N2O. The summed E-state index contributed by atoms with van der Waals surface area (Å²) in [7, 11) is 0. The van der Waals surface area contributed by atoms with Gasteiger partial charge in [0.1, 0.15) is 0 Å². The molecule has 4 aromatic rings. The second-order valence-corrected chi connectivity index (χ2v) is 5.60. The first-order valence-corrected chi connectivity index (χ1v) is 7.46. The van der Waals surface area contributed by atoms with E-state index in [2.05, 4.69) is 52.0 Å². The van der Waals surface area contributed by atoms with E-state index < -0.39 is 0 Å². The standard InChI is InChI=1S/C20H14N2O/c1-14-10-15(21-13-23)12-16(11-14)22-19-8-4-2-6-17(19)18-7-3-5-9-20(18)22/h2-12H,1H3. The van der Waals surface area contributed by atoms with Gasteiger partial charge in [0.05, 0.1) is 16.7 Å². The zero-order chi connectivity index (χ0) is 15.8. The van der Waals surface area contributed by atoms with Crippen LogP contribution in [0.3, 0.4) is 0 Å². The van der Waals surface area contributed by atoms with Crippen molar-refractivity contribution in [1.29, 1.82) is 0 Å². The molecule has 3 heteroatoms. The van der Waals surface area contributed by atoms with Crippen LogP contribution in [0.15, 0.2) is 71.7 Å². The summed E-state index contributed by atoms with van der Waals surface area (Å²) in [6, 6.07) is 22.6. The molecule has 4 rings (SSSR count). The number of nitrogens with zero attached hydrogens (tertiary/aromatic N) is 2. The lowest BCUT2D eigenvalue weighted by Crippen LogP contribution is -1.94. The quantitative estimate of drug-likeness (QED) is 0.376. The highest BCUT2D eigenvalue weighted by Crippen LogP contribution is 2.33. The van der Waals surface area contributed by atoms with Gasteiger partial charge >= 0.3 is 0 Å². The predicted molar refractivity (Wildman–Crippen MR) is 93.3 cm³/mol. The van der Waals surface area contributed by atoms with Crippen LogP contribution in [-0.2, 0) is 4.79 Å². The zero-order valence-corrected chi connectivity index (χ0v) is 12.7. The van der Waals surface area contributed by atoms with Crippen LogP contribution in [0.5, 0.6) is 0 Å². The molecule has 0 unspecified atom stereocenters. The lowest BCUT2D eigenvalue weighted by atomic mass is 10.2. The van der Waals surface area contributed by atoms with Gasteiger partial charge in [0.15, 0.2) is 0 Å². The number of hydrogen-bond donors (Lipinski definition) is 0. The van der Waals surface area contributed by atoms with Gasteiger partial charge in [-0.2, -0.15) is 4.99 Å². The van der Waals surface area contributed by atoms with E-state index in [0.29, 0.717) is 5.69 Å². The highest BCUT2D eigenvalue weighted by molar-refractivity contribution is 6.09. The Bertz CT molecular complexity index is 1030. The monoisotopic (exact) mass is 298 g/mol. The molecule has 110 valence electrons. The fourth-order valence-corrected chi connectivity index (χ4v) is 3.19. The maximum absolute atomic E-state index is 10.6. The van der Waals surface area contributed by atoms with E-state index >= 15 is 0 Å². The average Bonchev–Trinajstić information content (AvgIpc) is 2.89. The molecule has 3 aromatic carbocycles. The van der Waals surface area contributed by atoms with Gasteiger partial charge in [-0.05, 0) is 42.8 Å². The SMILES string of the molecule is Cc1cc(N=C=O)cc(-n2c3ccccc3c3ccccc32)c1. The minimum Gasteiger partial charge on any atom is -0.309 e. The van der Waals surface area contributed by atoms with E-state index in [1.165, 1.54) is 10.8 Å². The lowest BCUT2D eigenvalue weighted by Gasteiger charge is -2.09. The molecule has 0 saturated heterocycles. The Morgan fingerprint density at radius 3 is 2.09 bits per heavy atom. The molecule has 0 amide bonds. The van der Waals surface area contributed by atoms with Gasteiger partial charge in [0.2, 0.25) is 6.08 Å². The summed E-state index contributed by atoms with van der Waals surface area (Å²) in [5, 5.41) is 2.43. The Hall–Kier alpha value is -3.16. The van der Waals surface area contributed by atoms with Crippen LogP contribution >= 0.6 is 0 Å². The zero-order valence-electron chi connectivity index (χ0n) is 12.7. The number of carbonyl (C=O) groups excluding carboxylic acids is 1. The fourth-order valence-electron chi connectivity index (χ4n) is 3.19. The molecule has 0 atom stereocenters. The summed E-state index contributed by atoms with van der Waals surface area (Å²) < 4.78 is 2.21. The molecule has 0 saturated carbocycles. The van der Waals surface area contributed by atoms with Crippen LogP contribution in [0.4, 0.5) is 5.69 Å². The first-order valence-electron chi connectivity index (χ1n) is 7.46. The van der Waals surface area contributed by atoms with Gasteiger partial charge in [0, 0.05) is 16.5 Å². The Balaban J connectivity index is 2.14. The number of aliphatic imine (C=N–C) groups is 1. The van der Waals surface area contributed by atoms with Crippen LogP contribution in [-0.4, -0.2) is 10.6 Å². The normalized spacial score (nSPS) is 10.8. The Kier molecular flexibility index (Phi) is 3.07. The first kappa shape index (κ1) is 13.5. The fraction of sp³-hybridized carbons (Fsp3) is 0.0500. The van der Waals surface area contributed by atoms with E-state index in [9.17, 15) is 4.79 Å². The van der Waals surface area contributed by atoms with Crippen molar-refractivity contribution in [2.75, 3.05) is 0 Å². The third-order valence-electron chi connectivity index (χ3n) is 4.06. The number of rotatable bonds is 2. The van der Waals surface area contributed by atoms with Crippen LogP contribution in [0.2, 0.25) is 0 Å². The van der Waals surface area contributed by atoms with Crippen molar-refractivity contribution in [3.63, 3.8) is 0 Å². The van der Waals surface area contributed by atoms with Crippen LogP contribution in [0.1, 0.15) is 5.56 Å². The highest BCUT2D eigenvalue weighted by atomic mass is 16.1. The van der Waals surface area contributed by atoms with E-state index in [-0.39, 0.29) is 0 Å². The minimum atomic E-state index is 0.622. The maximum Gasteiger partial charge on any atom is 0.240 e. The highest BCUT2D eigenvalue weighted by Gasteiger charge is 2.11. The number of para-hydroxylation sites is 2. The van der Waals surface area contributed by atoms with Crippen molar-refractivity contribution in [1.82, 2.24) is 4.57 Å². The molecular weight excluding hydrogens is 284 g/mol. The molecule has 0 N–H and O–H groups in total. The molecule has 0 bridgehead atoms. The molecule has 3 nitrogen and oxygen atoms in total. The molecule has 0 spiro atoms. The van der Waals surface area contributed by atoms with Gasteiger partial charge in [-0.1, -0.05) is 36.4 Å². The maximum atomic E-state index is 10.6. The summed E-state index contributed by atoms with van der Waals surface area (Å²) in [6.45, 7) is 2.00. The van der Waals surface area contributed by atoms with Crippen molar-refractivity contribution in [2.45, 2.75) is 6.92 Å². The van der Waals surface area contributed by atoms with Crippen LogP contribution in [0, 0.1) is 6.92 Å². The first-order chi connectivity index (χ1) is 11.3. The number of benzene rings is 3. The van der Waals surface area contributed by atoms with Crippen LogP contribution < -0.4 is 0 Å². The van der Waals surface area contributed by atoms with E-state index in [1.54, 1.807) is 6.08 Å². The number of aromatic nitrogens is 1. The third-order valence-corrected chi connectivity index (χ3v) is 4.06. The number of aryl methyl sites for hydroxylation is 1. The molecule has 1 aromatic heterocycles. The van der Waals surface area contributed by atoms with Crippen molar-refractivity contribution in [3.05, 3.63) is 72.3 Å². The van der Waals surface area contributed by atoms with E-state index in [4.69, 9.17) is 0 Å². The second kappa shape index (κ2) is 5.24. The third kappa shape index (κ3) is 2.15. The van der Waals surface area contributed by atoms with Crippen molar-refractivity contribution in [3.8, 4) is 5.69 Å². The van der Waals surface area contributed by atoms with E-state index in [0.717, 1.165) is 22.3 Å². The topological polar surface area (TPSA) is 34.4 Å². The molecule has 0 radical (unpaired) electrons. The van der Waals surface area contributed by atoms with E-state index in [1.807, 2.05) is 31.2 Å². The molecule has 1 heterocycles. The van der Waals surface area contributed by atoms with Crippen molar-refractivity contribution >= 4 is 33.6 Å². The van der Waals surface area contributed by atoms with Gasteiger partial charge in [-0.3, -0.25) is 0 Å². The average molecular weight is 298 g/mol. The number of fused-ring (bicyclic) bond motifs is 3. The van der Waals surface area contributed by atoms with Gasteiger partial charge < -0.3 is 4.57 Å².